The van der Waals surface area contributed by atoms with Gasteiger partial charge in [0.1, 0.15) is 0 Å². The van der Waals surface area contributed by atoms with Gasteiger partial charge in [-0.05, 0) is 20.8 Å². The number of likely N-dealkylation sites (tertiary alicyclic amines) is 1. The van der Waals surface area contributed by atoms with Gasteiger partial charge in [0.15, 0.2) is 5.78 Å². The molecule has 0 aliphatic carbocycles. The van der Waals surface area contributed by atoms with E-state index >= 15 is 0 Å². The largest absolute Gasteiger partial charge is 0.459 e. The quantitative estimate of drug-likeness (QED) is 0.516. The SMILES string of the molecule is CCOC(=O)C(=O)N1C[C@]2(C)CNC[C@@](C)(C1)C2=O. The Morgan fingerprint density at radius 2 is 1.79 bits per heavy atom. The van der Waals surface area contributed by atoms with Crippen molar-refractivity contribution >= 4 is 17.7 Å². The molecule has 2 bridgehead atoms. The van der Waals surface area contributed by atoms with E-state index < -0.39 is 22.7 Å². The van der Waals surface area contributed by atoms with Crippen molar-refractivity contribution in [3.05, 3.63) is 0 Å². The average molecular weight is 268 g/mol. The highest BCUT2D eigenvalue weighted by Gasteiger charge is 2.54. The van der Waals surface area contributed by atoms with Crippen molar-refractivity contribution < 1.29 is 19.1 Å². The Bertz CT molecular complexity index is 414. The Labute approximate surface area is 112 Å². The Morgan fingerprint density at radius 1 is 1.26 bits per heavy atom. The lowest BCUT2D eigenvalue weighted by Crippen LogP contribution is -2.68. The third kappa shape index (κ3) is 2.25. The van der Waals surface area contributed by atoms with Gasteiger partial charge in [-0.1, -0.05) is 0 Å². The number of rotatable bonds is 1. The Morgan fingerprint density at radius 3 is 2.26 bits per heavy atom. The summed E-state index contributed by atoms with van der Waals surface area (Å²) in [6.45, 7) is 7.12. The molecule has 0 spiro atoms. The predicted octanol–water partition coefficient (Wildman–Crippen LogP) is -0.423. The number of nitrogens with zero attached hydrogens (tertiary/aromatic N) is 1. The van der Waals surface area contributed by atoms with Gasteiger partial charge in [0.25, 0.3) is 0 Å². The lowest BCUT2D eigenvalue weighted by molar-refractivity contribution is -0.167. The van der Waals surface area contributed by atoms with Crippen LogP contribution < -0.4 is 5.32 Å². The fourth-order valence-corrected chi connectivity index (χ4v) is 3.12. The summed E-state index contributed by atoms with van der Waals surface area (Å²) < 4.78 is 4.74. The monoisotopic (exact) mass is 268 g/mol. The molecule has 2 saturated heterocycles. The van der Waals surface area contributed by atoms with E-state index in [2.05, 4.69) is 5.32 Å². The fourth-order valence-electron chi connectivity index (χ4n) is 3.12. The maximum absolute atomic E-state index is 12.4. The summed E-state index contributed by atoms with van der Waals surface area (Å²) in [6.07, 6.45) is 0. The van der Waals surface area contributed by atoms with E-state index in [1.165, 1.54) is 4.90 Å². The number of nitrogens with one attached hydrogen (secondary N) is 1. The predicted molar refractivity (Wildman–Crippen MR) is 67.3 cm³/mol. The Hall–Kier alpha value is -1.43. The van der Waals surface area contributed by atoms with Gasteiger partial charge in [0, 0.05) is 26.2 Å². The van der Waals surface area contributed by atoms with Gasteiger partial charge in [-0.25, -0.2) is 4.79 Å². The number of ketones is 1. The summed E-state index contributed by atoms with van der Waals surface area (Å²) in [5, 5.41) is 3.24. The first-order valence-corrected chi connectivity index (χ1v) is 6.54. The molecule has 0 unspecified atom stereocenters. The van der Waals surface area contributed by atoms with Crippen LogP contribution in [0.3, 0.4) is 0 Å². The smallest absolute Gasteiger partial charge is 0.397 e. The molecule has 2 aliphatic rings. The summed E-state index contributed by atoms with van der Waals surface area (Å²) in [6, 6.07) is 0. The van der Waals surface area contributed by atoms with Crippen LogP contribution >= 0.6 is 0 Å². The van der Waals surface area contributed by atoms with Crippen LogP contribution in [0.5, 0.6) is 0 Å². The highest BCUT2D eigenvalue weighted by Crippen LogP contribution is 2.39. The van der Waals surface area contributed by atoms with Crippen molar-refractivity contribution in [2.75, 3.05) is 32.8 Å². The molecule has 2 fully saturated rings. The second kappa shape index (κ2) is 4.59. The third-order valence-corrected chi connectivity index (χ3v) is 3.94. The highest BCUT2D eigenvalue weighted by atomic mass is 16.5. The Balaban J connectivity index is 2.20. The molecule has 0 aromatic heterocycles. The molecular weight excluding hydrogens is 248 g/mol. The van der Waals surface area contributed by atoms with Crippen LogP contribution in [0, 0.1) is 10.8 Å². The minimum absolute atomic E-state index is 0.173. The normalized spacial score (nSPS) is 34.1. The number of carbonyl (C=O) groups excluding carboxylic acids is 3. The van der Waals surface area contributed by atoms with Gasteiger partial charge in [-0.2, -0.15) is 0 Å². The molecule has 2 aliphatic heterocycles. The summed E-state index contributed by atoms with van der Waals surface area (Å²) in [4.78, 5) is 37.4. The minimum atomic E-state index is -0.838. The van der Waals surface area contributed by atoms with E-state index in [0.29, 0.717) is 13.1 Å². The maximum atomic E-state index is 12.4. The van der Waals surface area contributed by atoms with E-state index in [0.717, 1.165) is 0 Å². The van der Waals surface area contributed by atoms with Crippen LogP contribution in [0.25, 0.3) is 0 Å². The summed E-state index contributed by atoms with van der Waals surface area (Å²) in [7, 11) is 0. The van der Waals surface area contributed by atoms with Gasteiger partial charge in [-0.3, -0.25) is 9.59 Å². The molecular formula is C13H20N2O4. The molecule has 1 amide bonds. The minimum Gasteiger partial charge on any atom is -0.459 e. The van der Waals surface area contributed by atoms with Crippen LogP contribution in [0.4, 0.5) is 0 Å². The zero-order valence-electron chi connectivity index (χ0n) is 11.6. The molecule has 0 aromatic carbocycles. The van der Waals surface area contributed by atoms with Crippen molar-refractivity contribution in [3.8, 4) is 0 Å². The molecule has 2 heterocycles. The average Bonchev–Trinajstić information content (AvgIpc) is 2.33. The van der Waals surface area contributed by atoms with Crippen LogP contribution in [-0.2, 0) is 19.1 Å². The van der Waals surface area contributed by atoms with E-state index in [-0.39, 0.29) is 25.5 Å². The van der Waals surface area contributed by atoms with Gasteiger partial charge >= 0.3 is 11.9 Å². The lowest BCUT2D eigenvalue weighted by Gasteiger charge is -2.51. The maximum Gasteiger partial charge on any atom is 0.397 e. The first-order valence-electron chi connectivity index (χ1n) is 6.54. The zero-order valence-corrected chi connectivity index (χ0v) is 11.6. The first-order chi connectivity index (χ1) is 8.82. The van der Waals surface area contributed by atoms with Crippen molar-refractivity contribution in [1.29, 1.82) is 0 Å². The second-order valence-electron chi connectivity index (χ2n) is 5.94. The van der Waals surface area contributed by atoms with Crippen molar-refractivity contribution in [2.24, 2.45) is 10.8 Å². The van der Waals surface area contributed by atoms with E-state index in [1.807, 2.05) is 13.8 Å². The number of carbonyl (C=O) groups is 3. The molecule has 6 heteroatoms. The van der Waals surface area contributed by atoms with Gasteiger partial charge in [-0.15, -0.1) is 0 Å². The summed E-state index contributed by atoms with van der Waals surface area (Å²) in [5.41, 5.74) is -1.24. The topological polar surface area (TPSA) is 75.7 Å². The van der Waals surface area contributed by atoms with Crippen LogP contribution in [-0.4, -0.2) is 55.3 Å². The molecule has 19 heavy (non-hydrogen) atoms. The van der Waals surface area contributed by atoms with Gasteiger partial charge in [0.2, 0.25) is 0 Å². The number of esters is 1. The van der Waals surface area contributed by atoms with Gasteiger partial charge < -0.3 is 15.0 Å². The zero-order chi connectivity index (χ0) is 14.3. The summed E-state index contributed by atoms with van der Waals surface area (Å²) >= 11 is 0. The van der Waals surface area contributed by atoms with Crippen molar-refractivity contribution in [3.63, 3.8) is 0 Å². The number of ether oxygens (including phenoxy) is 1. The van der Waals surface area contributed by atoms with Gasteiger partial charge in [0.05, 0.1) is 17.4 Å². The molecule has 106 valence electrons. The number of hydrogen-bond donors (Lipinski definition) is 1. The van der Waals surface area contributed by atoms with E-state index in [9.17, 15) is 14.4 Å². The molecule has 2 rings (SSSR count). The molecule has 2 atom stereocenters. The molecule has 1 N–H and O–H groups in total. The Kier molecular flexibility index (Phi) is 3.38. The molecule has 6 nitrogen and oxygen atoms in total. The number of hydrogen-bond acceptors (Lipinski definition) is 5. The molecule has 0 radical (unpaired) electrons. The van der Waals surface area contributed by atoms with Crippen molar-refractivity contribution in [1.82, 2.24) is 10.2 Å². The third-order valence-electron chi connectivity index (χ3n) is 3.94. The lowest BCUT2D eigenvalue weighted by atomic mass is 9.65. The van der Waals surface area contributed by atoms with E-state index in [4.69, 9.17) is 4.74 Å². The fraction of sp³-hybridized carbons (Fsp3) is 0.769. The highest BCUT2D eigenvalue weighted by molar-refractivity contribution is 6.32. The van der Waals surface area contributed by atoms with Crippen LogP contribution in [0.2, 0.25) is 0 Å². The number of Topliss-reactive ketones (excluding diaryl/α,β-unsaturated/α-hetero) is 1. The number of piperidine rings is 2. The first kappa shape index (κ1) is 14.0. The van der Waals surface area contributed by atoms with Crippen LogP contribution in [0.15, 0.2) is 0 Å². The standard InChI is InChI=1S/C13H20N2O4/c1-4-19-10(17)9(16)15-7-12(2)5-14-6-13(3,8-15)11(12)18/h14H,4-8H2,1-3H3/t12-,13-/m0/s1. The number of amides is 1. The number of fused-ring (bicyclic) bond motifs is 2. The molecule has 0 aromatic rings. The summed E-state index contributed by atoms with van der Waals surface area (Å²) in [5.74, 6) is -1.31. The second-order valence-corrected chi connectivity index (χ2v) is 5.94. The van der Waals surface area contributed by atoms with Crippen LogP contribution in [0.1, 0.15) is 20.8 Å². The van der Waals surface area contributed by atoms with Crippen molar-refractivity contribution in [2.45, 2.75) is 20.8 Å². The molecule has 0 saturated carbocycles. The van der Waals surface area contributed by atoms with E-state index in [1.54, 1.807) is 6.92 Å².